The first-order valence-corrected chi connectivity index (χ1v) is 7.32. The second kappa shape index (κ2) is 6.36. The van der Waals surface area contributed by atoms with Crippen LogP contribution in [0.25, 0.3) is 5.69 Å². The number of hydrogen-bond donors (Lipinski definition) is 1. The number of carbonyl (C=O) groups is 1. The molecule has 2 rings (SSSR count). The summed E-state index contributed by atoms with van der Waals surface area (Å²) >= 11 is 6.13. The molecule has 0 aliphatic heterocycles. The molecular formula is C15H19ClN4O2. The van der Waals surface area contributed by atoms with Gasteiger partial charge in [-0.15, -0.1) is 0 Å². The van der Waals surface area contributed by atoms with Crippen LogP contribution in [-0.4, -0.2) is 32.5 Å². The summed E-state index contributed by atoms with van der Waals surface area (Å²) in [7, 11) is 0. The average molecular weight is 323 g/mol. The summed E-state index contributed by atoms with van der Waals surface area (Å²) in [5.74, 6) is 0. The Hall–Kier alpha value is -2.08. The predicted molar refractivity (Wildman–Crippen MR) is 85.8 cm³/mol. The van der Waals surface area contributed by atoms with E-state index >= 15 is 0 Å². The molecule has 0 spiro atoms. The van der Waals surface area contributed by atoms with Crippen LogP contribution in [0.3, 0.4) is 0 Å². The summed E-state index contributed by atoms with van der Waals surface area (Å²) < 4.78 is 1.53. The van der Waals surface area contributed by atoms with Gasteiger partial charge in [0, 0.05) is 12.7 Å². The van der Waals surface area contributed by atoms with E-state index in [1.807, 2.05) is 6.07 Å². The minimum atomic E-state index is -1.04. The third-order valence-electron chi connectivity index (χ3n) is 3.17. The molecule has 0 unspecified atom stereocenters. The fraction of sp³-hybridized carbons (Fsp3) is 0.400. The second-order valence-electron chi connectivity index (χ2n) is 6.21. The van der Waals surface area contributed by atoms with Crippen molar-refractivity contribution in [2.24, 2.45) is 5.41 Å². The van der Waals surface area contributed by atoms with Gasteiger partial charge in [0.05, 0.1) is 18.1 Å². The SMILES string of the molecule is CC(C)(C)CCN(C(=O)O)c1cn(-c2cccnc2)nc1Cl. The van der Waals surface area contributed by atoms with Gasteiger partial charge in [-0.25, -0.2) is 9.48 Å². The molecular weight excluding hydrogens is 304 g/mol. The number of carboxylic acid groups (broad SMARTS) is 1. The average Bonchev–Trinajstić information content (AvgIpc) is 2.81. The first-order valence-electron chi connectivity index (χ1n) is 6.94. The zero-order chi connectivity index (χ0) is 16.3. The van der Waals surface area contributed by atoms with Crippen molar-refractivity contribution in [1.29, 1.82) is 0 Å². The lowest BCUT2D eigenvalue weighted by Gasteiger charge is -2.23. The fourth-order valence-electron chi connectivity index (χ4n) is 1.91. The first kappa shape index (κ1) is 16.3. The Morgan fingerprint density at radius 1 is 1.45 bits per heavy atom. The van der Waals surface area contributed by atoms with E-state index in [1.54, 1.807) is 24.7 Å². The normalized spacial score (nSPS) is 11.5. The van der Waals surface area contributed by atoms with Crippen LogP contribution >= 0.6 is 11.6 Å². The molecule has 7 heteroatoms. The minimum Gasteiger partial charge on any atom is -0.465 e. The zero-order valence-corrected chi connectivity index (χ0v) is 13.6. The highest BCUT2D eigenvalue weighted by Crippen LogP contribution is 2.28. The molecule has 2 aromatic rings. The van der Waals surface area contributed by atoms with Gasteiger partial charge in [-0.05, 0) is 24.0 Å². The van der Waals surface area contributed by atoms with E-state index < -0.39 is 6.09 Å². The Bertz CT molecular complexity index is 649. The number of nitrogens with zero attached hydrogens (tertiary/aromatic N) is 4. The smallest absolute Gasteiger partial charge is 0.411 e. The van der Waals surface area contributed by atoms with Crippen molar-refractivity contribution in [2.45, 2.75) is 27.2 Å². The number of aromatic nitrogens is 3. The van der Waals surface area contributed by atoms with Gasteiger partial charge in [-0.1, -0.05) is 32.4 Å². The molecule has 0 atom stereocenters. The highest BCUT2D eigenvalue weighted by atomic mass is 35.5. The van der Waals surface area contributed by atoms with Crippen molar-refractivity contribution in [3.05, 3.63) is 35.9 Å². The lowest BCUT2D eigenvalue weighted by molar-refractivity contribution is 0.200. The molecule has 0 aromatic carbocycles. The van der Waals surface area contributed by atoms with Crippen molar-refractivity contribution < 1.29 is 9.90 Å². The molecule has 2 aromatic heterocycles. The lowest BCUT2D eigenvalue weighted by atomic mass is 9.92. The summed E-state index contributed by atoms with van der Waals surface area (Å²) in [5.41, 5.74) is 1.12. The number of amides is 1. The topological polar surface area (TPSA) is 71.2 Å². The van der Waals surface area contributed by atoms with Gasteiger partial charge in [0.15, 0.2) is 5.15 Å². The second-order valence-corrected chi connectivity index (χ2v) is 6.56. The van der Waals surface area contributed by atoms with Gasteiger partial charge in [-0.3, -0.25) is 9.88 Å². The summed E-state index contributed by atoms with van der Waals surface area (Å²) in [6.45, 7) is 6.55. The maximum atomic E-state index is 11.5. The van der Waals surface area contributed by atoms with E-state index in [4.69, 9.17) is 11.6 Å². The molecule has 1 N–H and O–H groups in total. The maximum Gasteiger partial charge on any atom is 0.411 e. The van der Waals surface area contributed by atoms with E-state index in [2.05, 4.69) is 30.9 Å². The quantitative estimate of drug-likeness (QED) is 0.928. The van der Waals surface area contributed by atoms with Gasteiger partial charge in [0.2, 0.25) is 0 Å². The molecule has 0 fully saturated rings. The first-order chi connectivity index (χ1) is 10.3. The largest absolute Gasteiger partial charge is 0.465 e. The molecule has 22 heavy (non-hydrogen) atoms. The summed E-state index contributed by atoms with van der Waals surface area (Å²) in [6.07, 6.45) is 4.57. The fourth-order valence-corrected chi connectivity index (χ4v) is 2.14. The van der Waals surface area contributed by atoms with Crippen LogP contribution in [-0.2, 0) is 0 Å². The minimum absolute atomic E-state index is 0.0273. The Morgan fingerprint density at radius 3 is 2.73 bits per heavy atom. The molecule has 0 saturated carbocycles. The lowest BCUT2D eigenvalue weighted by Crippen LogP contribution is -2.32. The van der Waals surface area contributed by atoms with E-state index in [9.17, 15) is 9.90 Å². The Balaban J connectivity index is 2.29. The Kier molecular flexibility index (Phi) is 4.71. The van der Waals surface area contributed by atoms with Crippen molar-refractivity contribution in [1.82, 2.24) is 14.8 Å². The van der Waals surface area contributed by atoms with Gasteiger partial charge in [-0.2, -0.15) is 5.10 Å². The Morgan fingerprint density at radius 2 is 2.18 bits per heavy atom. The standard InChI is InChI=1S/C15H19ClN4O2/c1-15(2,3)6-8-19(14(21)22)12-10-20(18-13(12)16)11-5-4-7-17-9-11/h4-5,7,9-10H,6,8H2,1-3H3,(H,21,22). The van der Waals surface area contributed by atoms with E-state index in [0.29, 0.717) is 18.7 Å². The summed E-state index contributed by atoms with van der Waals surface area (Å²) in [5, 5.41) is 13.8. The number of halogens is 1. The molecule has 118 valence electrons. The number of anilines is 1. The van der Waals surface area contributed by atoms with Crippen molar-refractivity contribution in [3.8, 4) is 5.69 Å². The van der Waals surface area contributed by atoms with Crippen LogP contribution < -0.4 is 4.90 Å². The van der Waals surface area contributed by atoms with Gasteiger partial charge in [0.1, 0.15) is 5.69 Å². The van der Waals surface area contributed by atoms with Gasteiger partial charge < -0.3 is 5.11 Å². The molecule has 0 aliphatic carbocycles. The van der Waals surface area contributed by atoms with Crippen LogP contribution in [0, 0.1) is 5.41 Å². The highest BCUT2D eigenvalue weighted by Gasteiger charge is 2.23. The van der Waals surface area contributed by atoms with Crippen LogP contribution in [0.15, 0.2) is 30.7 Å². The monoisotopic (exact) mass is 322 g/mol. The van der Waals surface area contributed by atoms with E-state index in [1.165, 1.54) is 9.58 Å². The highest BCUT2D eigenvalue weighted by molar-refractivity contribution is 6.32. The number of rotatable bonds is 4. The van der Waals surface area contributed by atoms with Gasteiger partial charge >= 0.3 is 6.09 Å². The zero-order valence-electron chi connectivity index (χ0n) is 12.8. The van der Waals surface area contributed by atoms with E-state index in [0.717, 1.165) is 5.69 Å². The maximum absolute atomic E-state index is 11.5. The number of pyridine rings is 1. The third kappa shape index (κ3) is 3.98. The van der Waals surface area contributed by atoms with Crippen LogP contribution in [0.1, 0.15) is 27.2 Å². The molecule has 0 radical (unpaired) electrons. The molecule has 0 bridgehead atoms. The predicted octanol–water partition coefficient (Wildman–Crippen LogP) is 3.84. The van der Waals surface area contributed by atoms with Crippen molar-refractivity contribution in [2.75, 3.05) is 11.4 Å². The van der Waals surface area contributed by atoms with Crippen molar-refractivity contribution in [3.63, 3.8) is 0 Å². The molecule has 0 aliphatic rings. The molecule has 2 heterocycles. The van der Waals surface area contributed by atoms with Crippen LogP contribution in [0.4, 0.5) is 10.5 Å². The summed E-state index contributed by atoms with van der Waals surface area (Å²) in [4.78, 5) is 16.8. The van der Waals surface area contributed by atoms with Crippen LogP contribution in [0.2, 0.25) is 5.15 Å². The van der Waals surface area contributed by atoms with E-state index in [-0.39, 0.29) is 10.6 Å². The van der Waals surface area contributed by atoms with Crippen LogP contribution in [0.5, 0.6) is 0 Å². The van der Waals surface area contributed by atoms with Gasteiger partial charge in [0.25, 0.3) is 0 Å². The Labute approximate surface area is 134 Å². The van der Waals surface area contributed by atoms with Crippen molar-refractivity contribution >= 4 is 23.4 Å². The molecule has 1 amide bonds. The molecule has 6 nitrogen and oxygen atoms in total. The summed E-state index contributed by atoms with van der Waals surface area (Å²) in [6, 6.07) is 3.60. The molecule has 0 saturated heterocycles. The number of hydrogen-bond acceptors (Lipinski definition) is 3. The third-order valence-corrected chi connectivity index (χ3v) is 3.44.